The topological polar surface area (TPSA) is 73.9 Å². The summed E-state index contributed by atoms with van der Waals surface area (Å²) in [5, 5.41) is 2.59. The Balaban J connectivity index is 3.01. The Morgan fingerprint density at radius 1 is 1.21 bits per heavy atom. The summed E-state index contributed by atoms with van der Waals surface area (Å²) in [5.74, 6) is -0.524. The van der Waals surface area contributed by atoms with E-state index in [4.69, 9.17) is 14.5 Å². The first-order valence-corrected chi connectivity index (χ1v) is 5.96. The Kier molecular flexibility index (Phi) is 5.81. The van der Waals surface area contributed by atoms with E-state index >= 15 is 0 Å². The van der Waals surface area contributed by atoms with Crippen molar-refractivity contribution in [2.24, 2.45) is 0 Å². The average molecular weight is 267 g/mol. The molecule has 0 aliphatic carbocycles. The number of ether oxygens (including phenoxy) is 1. The van der Waals surface area contributed by atoms with Crippen molar-refractivity contribution in [2.45, 2.75) is 20.8 Å². The van der Waals surface area contributed by atoms with E-state index in [2.05, 4.69) is 5.32 Å². The molecule has 1 N–H and O–H groups in total. The van der Waals surface area contributed by atoms with Crippen LogP contribution in [0.5, 0.6) is 5.75 Å². The van der Waals surface area contributed by atoms with Crippen LogP contribution in [0.15, 0.2) is 18.2 Å². The highest BCUT2D eigenvalue weighted by atomic mass is 17.2. The van der Waals surface area contributed by atoms with Gasteiger partial charge in [0.1, 0.15) is 5.56 Å². The highest BCUT2D eigenvalue weighted by Gasteiger charge is 2.15. The lowest BCUT2D eigenvalue weighted by Gasteiger charge is -2.10. The molecular formula is C13H17NO5. The second kappa shape index (κ2) is 7.38. The number of carbonyl (C=O) groups excluding carboxylic acids is 2. The standard InChI is InChI=1S/C13H17NO5/c1-4-17-13(16)11-7-6-10(14-9(3)15)8-12(11)19-18-5-2/h6-8H,4-5H2,1-3H3,(H,14,15). The summed E-state index contributed by atoms with van der Waals surface area (Å²) in [6.45, 7) is 5.45. The van der Waals surface area contributed by atoms with E-state index < -0.39 is 5.97 Å². The number of amides is 1. The van der Waals surface area contributed by atoms with E-state index in [1.165, 1.54) is 19.1 Å². The Hall–Kier alpha value is -2.08. The molecule has 1 aromatic rings. The fraction of sp³-hybridized carbons (Fsp3) is 0.385. The molecule has 0 aliphatic rings. The smallest absolute Gasteiger partial charge is 0.342 e. The van der Waals surface area contributed by atoms with Crippen LogP contribution in [-0.2, 0) is 14.4 Å². The van der Waals surface area contributed by atoms with Gasteiger partial charge in [-0.2, -0.15) is 4.89 Å². The number of benzene rings is 1. The van der Waals surface area contributed by atoms with Crippen LogP contribution >= 0.6 is 0 Å². The SMILES string of the molecule is CCOOc1cc(NC(C)=O)ccc1C(=O)OCC. The number of rotatable bonds is 6. The van der Waals surface area contributed by atoms with Crippen molar-refractivity contribution in [2.75, 3.05) is 18.5 Å². The molecule has 0 bridgehead atoms. The van der Waals surface area contributed by atoms with Crippen LogP contribution in [0.1, 0.15) is 31.1 Å². The van der Waals surface area contributed by atoms with E-state index in [1.54, 1.807) is 19.9 Å². The van der Waals surface area contributed by atoms with Crippen molar-refractivity contribution in [3.63, 3.8) is 0 Å². The van der Waals surface area contributed by atoms with E-state index in [1.807, 2.05) is 0 Å². The summed E-state index contributed by atoms with van der Waals surface area (Å²) in [6.07, 6.45) is 0. The second-order valence-electron chi connectivity index (χ2n) is 3.60. The van der Waals surface area contributed by atoms with Crippen LogP contribution in [-0.4, -0.2) is 25.1 Å². The summed E-state index contributed by atoms with van der Waals surface area (Å²) in [7, 11) is 0. The zero-order chi connectivity index (χ0) is 14.3. The fourth-order valence-corrected chi connectivity index (χ4v) is 1.37. The third kappa shape index (κ3) is 4.59. The van der Waals surface area contributed by atoms with Crippen molar-refractivity contribution in [1.29, 1.82) is 0 Å². The van der Waals surface area contributed by atoms with Gasteiger partial charge in [-0.3, -0.25) is 4.79 Å². The number of hydrogen-bond acceptors (Lipinski definition) is 5. The normalized spacial score (nSPS) is 9.84. The number of anilines is 1. The van der Waals surface area contributed by atoms with Gasteiger partial charge in [0, 0.05) is 18.7 Å². The molecule has 1 rings (SSSR count). The molecule has 0 saturated heterocycles. The predicted molar refractivity (Wildman–Crippen MR) is 69.0 cm³/mol. The molecule has 6 nitrogen and oxygen atoms in total. The Morgan fingerprint density at radius 2 is 1.95 bits per heavy atom. The molecule has 19 heavy (non-hydrogen) atoms. The summed E-state index contributed by atoms with van der Waals surface area (Å²) in [6, 6.07) is 4.60. The molecular weight excluding hydrogens is 250 g/mol. The van der Waals surface area contributed by atoms with Crippen molar-refractivity contribution < 1.29 is 24.1 Å². The maximum absolute atomic E-state index is 11.7. The minimum Gasteiger partial charge on any atom is -0.462 e. The molecule has 0 spiro atoms. The molecule has 0 radical (unpaired) electrons. The Labute approximate surface area is 111 Å². The van der Waals surface area contributed by atoms with E-state index in [0.717, 1.165) is 0 Å². The Bertz CT molecular complexity index is 458. The highest BCUT2D eigenvalue weighted by Crippen LogP contribution is 2.24. The molecule has 6 heteroatoms. The largest absolute Gasteiger partial charge is 0.462 e. The summed E-state index contributed by atoms with van der Waals surface area (Å²) in [4.78, 5) is 32.6. The minimum atomic E-state index is -0.508. The molecule has 0 aromatic heterocycles. The van der Waals surface area contributed by atoms with Crippen LogP contribution in [0.4, 0.5) is 5.69 Å². The van der Waals surface area contributed by atoms with Crippen LogP contribution in [0.2, 0.25) is 0 Å². The highest BCUT2D eigenvalue weighted by molar-refractivity contribution is 5.94. The first-order chi connectivity index (χ1) is 9.08. The first-order valence-electron chi connectivity index (χ1n) is 5.96. The summed E-state index contributed by atoms with van der Waals surface area (Å²) >= 11 is 0. The molecule has 0 atom stereocenters. The van der Waals surface area contributed by atoms with Crippen LogP contribution in [0, 0.1) is 0 Å². The van der Waals surface area contributed by atoms with Crippen molar-refractivity contribution in [3.8, 4) is 5.75 Å². The molecule has 0 unspecified atom stereocenters. The summed E-state index contributed by atoms with van der Waals surface area (Å²) < 4.78 is 4.91. The predicted octanol–water partition coefficient (Wildman–Crippen LogP) is 2.15. The molecule has 0 fully saturated rings. The van der Waals surface area contributed by atoms with Gasteiger partial charge in [-0.25, -0.2) is 4.79 Å². The minimum absolute atomic E-state index is 0.201. The zero-order valence-electron chi connectivity index (χ0n) is 11.2. The van der Waals surface area contributed by atoms with E-state index in [-0.39, 0.29) is 23.8 Å². The number of carbonyl (C=O) groups is 2. The lowest BCUT2D eigenvalue weighted by atomic mass is 10.2. The molecule has 1 aromatic carbocycles. The molecule has 0 heterocycles. The van der Waals surface area contributed by atoms with Crippen molar-refractivity contribution in [1.82, 2.24) is 0 Å². The monoisotopic (exact) mass is 267 g/mol. The quantitative estimate of drug-likeness (QED) is 0.485. The maximum Gasteiger partial charge on any atom is 0.342 e. The fourth-order valence-electron chi connectivity index (χ4n) is 1.37. The number of nitrogens with one attached hydrogen (secondary N) is 1. The summed E-state index contributed by atoms with van der Waals surface area (Å²) in [5.41, 5.74) is 0.750. The van der Waals surface area contributed by atoms with Crippen LogP contribution in [0.25, 0.3) is 0 Å². The van der Waals surface area contributed by atoms with E-state index in [0.29, 0.717) is 12.3 Å². The molecule has 0 saturated carbocycles. The third-order valence-corrected chi connectivity index (χ3v) is 2.06. The lowest BCUT2D eigenvalue weighted by Crippen LogP contribution is -2.10. The van der Waals surface area contributed by atoms with Gasteiger partial charge in [0.05, 0.1) is 13.2 Å². The third-order valence-electron chi connectivity index (χ3n) is 2.06. The second-order valence-corrected chi connectivity index (χ2v) is 3.60. The molecule has 0 aliphatic heterocycles. The van der Waals surface area contributed by atoms with Gasteiger partial charge in [0.2, 0.25) is 5.91 Å². The van der Waals surface area contributed by atoms with Crippen molar-refractivity contribution in [3.05, 3.63) is 23.8 Å². The van der Waals surface area contributed by atoms with Gasteiger partial charge in [0.25, 0.3) is 0 Å². The lowest BCUT2D eigenvalue weighted by molar-refractivity contribution is -0.202. The van der Waals surface area contributed by atoms with Gasteiger partial charge >= 0.3 is 5.97 Å². The van der Waals surface area contributed by atoms with Gasteiger partial charge in [-0.1, -0.05) is 0 Å². The van der Waals surface area contributed by atoms with Crippen LogP contribution in [0.3, 0.4) is 0 Å². The van der Waals surface area contributed by atoms with Gasteiger partial charge in [0.15, 0.2) is 5.75 Å². The Morgan fingerprint density at radius 3 is 2.53 bits per heavy atom. The van der Waals surface area contributed by atoms with Gasteiger partial charge in [-0.05, 0) is 26.0 Å². The van der Waals surface area contributed by atoms with Crippen LogP contribution < -0.4 is 10.2 Å². The van der Waals surface area contributed by atoms with Gasteiger partial charge < -0.3 is 14.9 Å². The maximum atomic E-state index is 11.7. The van der Waals surface area contributed by atoms with E-state index in [9.17, 15) is 9.59 Å². The number of hydrogen-bond donors (Lipinski definition) is 1. The average Bonchev–Trinajstić information content (AvgIpc) is 2.36. The molecule has 104 valence electrons. The molecule has 1 amide bonds. The zero-order valence-corrected chi connectivity index (χ0v) is 11.2. The number of esters is 1. The first kappa shape index (κ1) is 15.0. The van der Waals surface area contributed by atoms with Gasteiger partial charge in [-0.15, -0.1) is 0 Å². The van der Waals surface area contributed by atoms with Crippen molar-refractivity contribution >= 4 is 17.6 Å².